The van der Waals surface area contributed by atoms with Crippen LogP contribution >= 0.6 is 0 Å². The smallest absolute Gasteiger partial charge is 0.283 e. The molecule has 2 saturated heterocycles. The maximum absolute atomic E-state index is 13.3. The molecule has 11 heteroatoms. The Labute approximate surface area is 213 Å². The third-order valence-electron chi connectivity index (χ3n) is 6.96. The molecule has 1 amide bonds. The van der Waals surface area contributed by atoms with E-state index < -0.39 is 15.9 Å². The van der Waals surface area contributed by atoms with Crippen molar-refractivity contribution in [2.24, 2.45) is 5.41 Å². The Morgan fingerprint density at radius 3 is 2.73 bits per heavy atom. The second-order valence-corrected chi connectivity index (χ2v) is 11.1. The van der Waals surface area contributed by atoms with E-state index in [4.69, 9.17) is 9.47 Å². The summed E-state index contributed by atoms with van der Waals surface area (Å²) in [4.78, 5) is 19.4. The number of aromatic nitrogens is 3. The van der Waals surface area contributed by atoms with E-state index in [-0.39, 0.29) is 21.8 Å². The fourth-order valence-electron chi connectivity index (χ4n) is 5.02. The molecule has 2 aliphatic rings. The van der Waals surface area contributed by atoms with Crippen molar-refractivity contribution < 1.29 is 22.7 Å². The average Bonchev–Trinajstić information content (AvgIpc) is 3.59. The molecule has 2 aliphatic heterocycles. The van der Waals surface area contributed by atoms with Gasteiger partial charge in [0.2, 0.25) is 0 Å². The van der Waals surface area contributed by atoms with Crippen LogP contribution in [0.2, 0.25) is 0 Å². The van der Waals surface area contributed by atoms with Gasteiger partial charge in [-0.25, -0.2) is 22.8 Å². The van der Waals surface area contributed by atoms with E-state index in [0.717, 1.165) is 49.5 Å². The molecule has 0 radical (unpaired) electrons. The summed E-state index contributed by atoms with van der Waals surface area (Å²) in [6, 6.07) is 15.5. The minimum atomic E-state index is -4.25. The number of hydrogen-bond acceptors (Lipinski definition) is 8. The fraction of sp³-hybridized carbons (Fsp3) is 0.269. The summed E-state index contributed by atoms with van der Waals surface area (Å²) in [5, 5.41) is 5.03. The summed E-state index contributed by atoms with van der Waals surface area (Å²) in [7, 11) is -2.85. The summed E-state index contributed by atoms with van der Waals surface area (Å²) >= 11 is 0. The Bertz CT molecular complexity index is 1590. The van der Waals surface area contributed by atoms with Crippen molar-refractivity contribution in [3.05, 3.63) is 72.7 Å². The summed E-state index contributed by atoms with van der Waals surface area (Å²) in [5.74, 6) is -0.677. The topological polar surface area (TPSA) is 116 Å². The Balaban J connectivity index is 1.26. The van der Waals surface area contributed by atoms with Gasteiger partial charge in [-0.05, 0) is 55.0 Å². The Kier molecular flexibility index (Phi) is 5.61. The molecule has 37 heavy (non-hydrogen) atoms. The van der Waals surface area contributed by atoms with Crippen molar-refractivity contribution in [3.8, 4) is 11.4 Å². The Hall–Kier alpha value is -3.96. The van der Waals surface area contributed by atoms with Gasteiger partial charge in [-0.3, -0.25) is 4.79 Å². The molecule has 2 aromatic heterocycles. The van der Waals surface area contributed by atoms with Crippen molar-refractivity contribution >= 4 is 32.5 Å². The highest BCUT2D eigenvalue weighted by Crippen LogP contribution is 2.42. The van der Waals surface area contributed by atoms with Gasteiger partial charge in [0, 0.05) is 48.6 Å². The summed E-state index contributed by atoms with van der Waals surface area (Å²) < 4.78 is 41.3. The van der Waals surface area contributed by atoms with Crippen LogP contribution in [-0.2, 0) is 14.8 Å². The van der Waals surface area contributed by atoms with Gasteiger partial charge in [-0.1, -0.05) is 6.07 Å². The summed E-state index contributed by atoms with van der Waals surface area (Å²) in [5.41, 5.74) is 2.22. The first-order valence-corrected chi connectivity index (χ1v) is 13.3. The predicted molar refractivity (Wildman–Crippen MR) is 137 cm³/mol. The standard InChI is InChI=1S/C26H25N5O5S/c1-35-23-9-6-18(30-15-26(16-30)10-13-36-17-26)14-24(23)37(33,34)29-25(32)21-8-7-19-20(28-21)4-2-5-22(19)31-12-3-11-27-31/h2-9,11-12,14H,10,13,15-17H2,1H3,(H,29,32). The maximum atomic E-state index is 13.3. The molecule has 0 aliphatic carbocycles. The molecule has 10 nitrogen and oxygen atoms in total. The predicted octanol–water partition coefficient (Wildman–Crippen LogP) is 2.77. The minimum absolute atomic E-state index is 0.0188. The minimum Gasteiger partial charge on any atom is -0.495 e. The van der Waals surface area contributed by atoms with E-state index in [1.165, 1.54) is 13.2 Å². The molecule has 0 saturated carbocycles. The van der Waals surface area contributed by atoms with Gasteiger partial charge in [0.15, 0.2) is 0 Å². The van der Waals surface area contributed by atoms with Gasteiger partial charge in [-0.2, -0.15) is 5.10 Å². The number of anilines is 1. The number of hydrogen-bond donors (Lipinski definition) is 1. The fourth-order valence-corrected chi connectivity index (χ4v) is 6.17. The third kappa shape index (κ3) is 4.19. The molecular formula is C26H25N5O5S. The van der Waals surface area contributed by atoms with Crippen LogP contribution in [-0.4, -0.2) is 62.5 Å². The first kappa shape index (κ1) is 23.4. The van der Waals surface area contributed by atoms with E-state index >= 15 is 0 Å². The van der Waals surface area contributed by atoms with Crippen molar-refractivity contribution in [2.75, 3.05) is 38.3 Å². The molecule has 1 N–H and O–H groups in total. The molecule has 1 spiro atoms. The number of methoxy groups -OCH3 is 1. The number of benzene rings is 2. The molecule has 6 rings (SSSR count). The molecular weight excluding hydrogens is 494 g/mol. The highest BCUT2D eigenvalue weighted by molar-refractivity contribution is 7.90. The van der Waals surface area contributed by atoms with Crippen LogP contribution in [0.25, 0.3) is 16.6 Å². The number of rotatable bonds is 6. The number of amides is 1. The van der Waals surface area contributed by atoms with E-state index in [0.29, 0.717) is 5.52 Å². The van der Waals surface area contributed by atoms with Crippen LogP contribution in [0.3, 0.4) is 0 Å². The lowest BCUT2D eigenvalue weighted by Gasteiger charge is -2.48. The number of nitrogens with zero attached hydrogens (tertiary/aromatic N) is 4. The van der Waals surface area contributed by atoms with Crippen LogP contribution in [0.15, 0.2) is 71.9 Å². The highest BCUT2D eigenvalue weighted by atomic mass is 32.2. The van der Waals surface area contributed by atoms with E-state index in [1.807, 2.05) is 24.4 Å². The number of carbonyl (C=O) groups is 1. The van der Waals surface area contributed by atoms with Crippen LogP contribution in [0.5, 0.6) is 5.75 Å². The zero-order valence-electron chi connectivity index (χ0n) is 20.1. The largest absolute Gasteiger partial charge is 0.495 e. The number of ether oxygens (including phenoxy) is 2. The zero-order chi connectivity index (χ0) is 25.6. The van der Waals surface area contributed by atoms with Crippen LogP contribution in [0, 0.1) is 5.41 Å². The van der Waals surface area contributed by atoms with E-state index in [1.54, 1.807) is 41.2 Å². The quantitative estimate of drug-likeness (QED) is 0.414. The number of pyridine rings is 1. The second kappa shape index (κ2) is 8.86. The molecule has 0 bridgehead atoms. The number of sulfonamides is 1. The average molecular weight is 520 g/mol. The maximum Gasteiger partial charge on any atom is 0.283 e. The molecule has 190 valence electrons. The second-order valence-electron chi connectivity index (χ2n) is 9.42. The Morgan fingerprint density at radius 2 is 2.00 bits per heavy atom. The van der Waals surface area contributed by atoms with E-state index in [9.17, 15) is 13.2 Å². The molecule has 4 heterocycles. The summed E-state index contributed by atoms with van der Waals surface area (Å²) in [6.07, 6.45) is 4.49. The molecule has 0 unspecified atom stereocenters. The van der Waals surface area contributed by atoms with Crippen LogP contribution in [0.1, 0.15) is 16.9 Å². The molecule has 4 aromatic rings. The SMILES string of the molecule is COc1ccc(N2CC3(CCOC3)C2)cc1S(=O)(=O)NC(=O)c1ccc2c(-n3cccn3)cccc2n1. The lowest BCUT2D eigenvalue weighted by atomic mass is 9.79. The Morgan fingerprint density at radius 1 is 1.14 bits per heavy atom. The lowest BCUT2D eigenvalue weighted by Crippen LogP contribution is -2.57. The monoisotopic (exact) mass is 519 g/mol. The van der Waals surface area contributed by atoms with Crippen molar-refractivity contribution in [3.63, 3.8) is 0 Å². The normalized spacial score (nSPS) is 16.6. The van der Waals surface area contributed by atoms with Crippen molar-refractivity contribution in [2.45, 2.75) is 11.3 Å². The van der Waals surface area contributed by atoms with Gasteiger partial charge in [0.1, 0.15) is 16.3 Å². The highest BCUT2D eigenvalue weighted by Gasteiger charge is 2.46. The number of nitrogens with one attached hydrogen (secondary N) is 1. The van der Waals surface area contributed by atoms with Gasteiger partial charge in [0.25, 0.3) is 15.9 Å². The van der Waals surface area contributed by atoms with Gasteiger partial charge < -0.3 is 14.4 Å². The molecule has 0 atom stereocenters. The van der Waals surface area contributed by atoms with Crippen LogP contribution < -0.4 is 14.4 Å². The first-order chi connectivity index (χ1) is 17.9. The summed E-state index contributed by atoms with van der Waals surface area (Å²) in [6.45, 7) is 3.08. The van der Waals surface area contributed by atoms with Crippen molar-refractivity contribution in [1.29, 1.82) is 0 Å². The van der Waals surface area contributed by atoms with Gasteiger partial charge in [0.05, 0.1) is 24.9 Å². The first-order valence-electron chi connectivity index (χ1n) is 11.9. The van der Waals surface area contributed by atoms with Gasteiger partial charge in [-0.15, -0.1) is 0 Å². The van der Waals surface area contributed by atoms with Gasteiger partial charge >= 0.3 is 0 Å². The third-order valence-corrected chi connectivity index (χ3v) is 8.31. The van der Waals surface area contributed by atoms with Crippen LogP contribution in [0.4, 0.5) is 5.69 Å². The molecule has 2 aromatic carbocycles. The number of carbonyl (C=O) groups excluding carboxylic acids is 1. The lowest BCUT2D eigenvalue weighted by molar-refractivity contribution is 0.0977. The van der Waals surface area contributed by atoms with E-state index in [2.05, 4.69) is 19.7 Å². The zero-order valence-corrected chi connectivity index (χ0v) is 20.9. The molecule has 2 fully saturated rings. The van der Waals surface area contributed by atoms with Crippen molar-refractivity contribution in [1.82, 2.24) is 19.5 Å². The number of fused-ring (bicyclic) bond motifs is 1.